The number of fused-ring (bicyclic) bond motifs is 1. The molecule has 1 aromatic rings. The van der Waals surface area contributed by atoms with Gasteiger partial charge >= 0.3 is 0 Å². The van der Waals surface area contributed by atoms with Crippen LogP contribution < -0.4 is 14.8 Å². The fraction of sp³-hybridized carbons (Fsp3) is 0.600. The van der Waals surface area contributed by atoms with Crippen molar-refractivity contribution in [3.8, 4) is 11.5 Å². The Labute approximate surface area is 115 Å². The number of benzene rings is 1. The lowest BCUT2D eigenvalue weighted by molar-refractivity contribution is 0.0198. The molecule has 1 aromatic carbocycles. The lowest BCUT2D eigenvalue weighted by atomic mass is 9.99. The highest BCUT2D eigenvalue weighted by Gasteiger charge is 2.24. The highest BCUT2D eigenvalue weighted by Crippen LogP contribution is 2.34. The Kier molecular flexibility index (Phi) is 4.32. The number of ether oxygens (including phenoxy) is 3. The van der Waals surface area contributed by atoms with Gasteiger partial charge in [-0.05, 0) is 32.0 Å². The standard InChI is InChI=1S/C15H23NO3/c1-15(2,18-4)10-16-13-7-8-19-14-6-5-11(17-3)9-12(13)14/h5-6,9,13,16H,7-8,10H2,1-4H3. The predicted octanol–water partition coefficient (Wildman–Crippen LogP) is 2.53. The van der Waals surface area contributed by atoms with Gasteiger partial charge in [-0.2, -0.15) is 0 Å². The minimum absolute atomic E-state index is 0.169. The summed E-state index contributed by atoms with van der Waals surface area (Å²) in [6.07, 6.45) is 0.958. The third kappa shape index (κ3) is 3.39. The van der Waals surface area contributed by atoms with Crippen molar-refractivity contribution in [1.29, 1.82) is 0 Å². The summed E-state index contributed by atoms with van der Waals surface area (Å²) in [4.78, 5) is 0. The first-order chi connectivity index (χ1) is 9.05. The maximum absolute atomic E-state index is 5.68. The Morgan fingerprint density at radius 2 is 2.16 bits per heavy atom. The Hall–Kier alpha value is -1.26. The van der Waals surface area contributed by atoms with Crippen LogP contribution in [0.5, 0.6) is 11.5 Å². The van der Waals surface area contributed by atoms with E-state index in [4.69, 9.17) is 14.2 Å². The van der Waals surface area contributed by atoms with Crippen LogP contribution in [-0.4, -0.2) is 33.0 Å². The molecule has 0 amide bonds. The molecule has 0 radical (unpaired) electrons. The molecule has 0 saturated carbocycles. The van der Waals surface area contributed by atoms with Crippen LogP contribution in [0.25, 0.3) is 0 Å². The fourth-order valence-corrected chi connectivity index (χ4v) is 2.15. The molecule has 0 bridgehead atoms. The van der Waals surface area contributed by atoms with E-state index in [1.807, 2.05) is 18.2 Å². The molecule has 1 N–H and O–H groups in total. The minimum atomic E-state index is -0.169. The van der Waals surface area contributed by atoms with Crippen molar-refractivity contribution in [1.82, 2.24) is 5.32 Å². The number of hydrogen-bond acceptors (Lipinski definition) is 4. The fourth-order valence-electron chi connectivity index (χ4n) is 2.15. The highest BCUT2D eigenvalue weighted by molar-refractivity contribution is 5.43. The minimum Gasteiger partial charge on any atom is -0.497 e. The first kappa shape index (κ1) is 14.2. The number of rotatable bonds is 5. The van der Waals surface area contributed by atoms with E-state index in [-0.39, 0.29) is 11.6 Å². The summed E-state index contributed by atoms with van der Waals surface area (Å²) in [6, 6.07) is 6.24. The van der Waals surface area contributed by atoms with E-state index in [0.29, 0.717) is 0 Å². The number of methoxy groups -OCH3 is 2. The summed E-state index contributed by atoms with van der Waals surface area (Å²) < 4.78 is 16.4. The van der Waals surface area contributed by atoms with Gasteiger partial charge < -0.3 is 19.5 Å². The van der Waals surface area contributed by atoms with Crippen molar-refractivity contribution >= 4 is 0 Å². The Balaban J connectivity index is 2.12. The second kappa shape index (κ2) is 5.80. The van der Waals surface area contributed by atoms with Crippen molar-refractivity contribution in [2.75, 3.05) is 27.4 Å². The van der Waals surface area contributed by atoms with Gasteiger partial charge in [0.1, 0.15) is 11.5 Å². The van der Waals surface area contributed by atoms with E-state index < -0.39 is 0 Å². The van der Waals surface area contributed by atoms with Crippen molar-refractivity contribution in [3.05, 3.63) is 23.8 Å². The van der Waals surface area contributed by atoms with Gasteiger partial charge in [-0.15, -0.1) is 0 Å². The van der Waals surface area contributed by atoms with Gasteiger partial charge in [-0.3, -0.25) is 0 Å². The SMILES string of the molecule is COc1ccc2c(c1)C(NCC(C)(C)OC)CCO2. The second-order valence-electron chi connectivity index (χ2n) is 5.44. The van der Waals surface area contributed by atoms with Gasteiger partial charge in [0.05, 0.1) is 19.3 Å². The first-order valence-corrected chi connectivity index (χ1v) is 6.65. The van der Waals surface area contributed by atoms with Crippen LogP contribution in [0.4, 0.5) is 0 Å². The molecule has 0 aliphatic carbocycles. The van der Waals surface area contributed by atoms with Crippen LogP contribution in [-0.2, 0) is 4.74 Å². The molecule has 19 heavy (non-hydrogen) atoms. The number of nitrogens with one attached hydrogen (secondary N) is 1. The second-order valence-corrected chi connectivity index (χ2v) is 5.44. The van der Waals surface area contributed by atoms with E-state index in [9.17, 15) is 0 Å². The molecule has 1 heterocycles. The zero-order valence-electron chi connectivity index (χ0n) is 12.2. The first-order valence-electron chi connectivity index (χ1n) is 6.65. The molecular formula is C15H23NO3. The quantitative estimate of drug-likeness (QED) is 0.888. The van der Waals surface area contributed by atoms with Gasteiger partial charge in [0, 0.05) is 31.7 Å². The smallest absolute Gasteiger partial charge is 0.124 e. The Bertz CT molecular complexity index is 431. The van der Waals surface area contributed by atoms with Crippen molar-refractivity contribution < 1.29 is 14.2 Å². The lowest BCUT2D eigenvalue weighted by Gasteiger charge is -2.31. The normalized spacial score (nSPS) is 18.6. The maximum atomic E-state index is 5.68. The summed E-state index contributed by atoms with van der Waals surface area (Å²) >= 11 is 0. The third-order valence-electron chi connectivity index (χ3n) is 3.58. The zero-order chi connectivity index (χ0) is 13.9. The molecule has 1 aliphatic heterocycles. The van der Waals surface area contributed by atoms with Crippen LogP contribution in [0.1, 0.15) is 31.9 Å². The summed E-state index contributed by atoms with van der Waals surface area (Å²) in [5.41, 5.74) is 0.995. The van der Waals surface area contributed by atoms with Crippen LogP contribution in [0.3, 0.4) is 0 Å². The Morgan fingerprint density at radius 3 is 2.84 bits per heavy atom. The summed E-state index contributed by atoms with van der Waals surface area (Å²) in [6.45, 7) is 5.69. The van der Waals surface area contributed by atoms with E-state index in [0.717, 1.165) is 36.6 Å². The summed E-state index contributed by atoms with van der Waals surface area (Å²) in [7, 11) is 3.42. The van der Waals surface area contributed by atoms with Gasteiger partial charge in [-0.25, -0.2) is 0 Å². The summed E-state index contributed by atoms with van der Waals surface area (Å²) in [5, 5.41) is 3.56. The van der Waals surface area contributed by atoms with Crippen LogP contribution in [0.2, 0.25) is 0 Å². The largest absolute Gasteiger partial charge is 0.497 e. The van der Waals surface area contributed by atoms with Crippen LogP contribution >= 0.6 is 0 Å². The molecule has 1 unspecified atom stereocenters. The average Bonchev–Trinajstić information content (AvgIpc) is 2.44. The van der Waals surface area contributed by atoms with Gasteiger partial charge in [-0.1, -0.05) is 0 Å². The Morgan fingerprint density at radius 1 is 1.37 bits per heavy atom. The highest BCUT2D eigenvalue weighted by atomic mass is 16.5. The van der Waals surface area contributed by atoms with E-state index in [1.54, 1.807) is 14.2 Å². The molecule has 0 spiro atoms. The average molecular weight is 265 g/mol. The molecule has 4 heteroatoms. The van der Waals surface area contributed by atoms with Crippen LogP contribution in [0.15, 0.2) is 18.2 Å². The maximum Gasteiger partial charge on any atom is 0.124 e. The van der Waals surface area contributed by atoms with Gasteiger partial charge in [0.15, 0.2) is 0 Å². The predicted molar refractivity (Wildman–Crippen MR) is 74.9 cm³/mol. The van der Waals surface area contributed by atoms with Crippen molar-refractivity contribution in [3.63, 3.8) is 0 Å². The molecule has 1 atom stereocenters. The molecule has 0 fully saturated rings. The summed E-state index contributed by atoms with van der Waals surface area (Å²) in [5.74, 6) is 1.81. The van der Waals surface area contributed by atoms with Gasteiger partial charge in [0.2, 0.25) is 0 Å². The van der Waals surface area contributed by atoms with Crippen molar-refractivity contribution in [2.24, 2.45) is 0 Å². The molecule has 4 nitrogen and oxygen atoms in total. The molecule has 106 valence electrons. The molecular weight excluding hydrogens is 242 g/mol. The van der Waals surface area contributed by atoms with E-state index >= 15 is 0 Å². The molecule has 0 aromatic heterocycles. The van der Waals surface area contributed by atoms with Crippen LogP contribution in [0, 0.1) is 0 Å². The number of hydrogen-bond donors (Lipinski definition) is 1. The molecule has 1 aliphatic rings. The third-order valence-corrected chi connectivity index (χ3v) is 3.58. The van der Waals surface area contributed by atoms with E-state index in [1.165, 1.54) is 0 Å². The van der Waals surface area contributed by atoms with Crippen molar-refractivity contribution in [2.45, 2.75) is 31.9 Å². The van der Waals surface area contributed by atoms with Gasteiger partial charge in [0.25, 0.3) is 0 Å². The lowest BCUT2D eigenvalue weighted by Crippen LogP contribution is -2.39. The monoisotopic (exact) mass is 265 g/mol. The topological polar surface area (TPSA) is 39.7 Å². The zero-order valence-corrected chi connectivity index (χ0v) is 12.2. The van der Waals surface area contributed by atoms with E-state index in [2.05, 4.69) is 19.2 Å². The molecule has 0 saturated heterocycles. The molecule has 2 rings (SSSR count).